The van der Waals surface area contributed by atoms with Crippen molar-refractivity contribution in [3.05, 3.63) is 40.6 Å². The summed E-state index contributed by atoms with van der Waals surface area (Å²) in [7, 11) is 1.71. The first-order valence-electron chi connectivity index (χ1n) is 5.48. The molecule has 2 aromatic heterocycles. The maximum absolute atomic E-state index is 5.34. The maximum atomic E-state index is 5.34. The Morgan fingerprint density at radius 2 is 2.12 bits per heavy atom. The number of aromatic amines is 1. The molecule has 0 atom stereocenters. The van der Waals surface area contributed by atoms with Crippen molar-refractivity contribution in [2.24, 2.45) is 0 Å². The first kappa shape index (κ1) is 10.4. The monoisotopic (exact) mass is 243 g/mol. The van der Waals surface area contributed by atoms with Gasteiger partial charge in [-0.15, -0.1) is 0 Å². The van der Waals surface area contributed by atoms with Crippen molar-refractivity contribution in [3.8, 4) is 17.0 Å². The Balaban J connectivity index is 2.19. The van der Waals surface area contributed by atoms with Crippen LogP contribution in [0.5, 0.6) is 5.75 Å². The van der Waals surface area contributed by atoms with Crippen molar-refractivity contribution >= 4 is 22.2 Å². The van der Waals surface area contributed by atoms with E-state index >= 15 is 0 Å². The molecular weight excluding hydrogens is 230 g/mol. The smallest absolute Gasteiger partial charge is 0.122 e. The molecule has 0 saturated heterocycles. The summed E-state index contributed by atoms with van der Waals surface area (Å²) in [5, 5.41) is 5.43. The first-order valence-corrected chi connectivity index (χ1v) is 6.42. The van der Waals surface area contributed by atoms with E-state index in [-0.39, 0.29) is 0 Å². The van der Waals surface area contributed by atoms with Gasteiger partial charge in [0, 0.05) is 27.5 Å². The van der Waals surface area contributed by atoms with Crippen LogP contribution in [0.25, 0.3) is 22.2 Å². The van der Waals surface area contributed by atoms with Gasteiger partial charge in [-0.3, -0.25) is 0 Å². The summed E-state index contributed by atoms with van der Waals surface area (Å²) in [5.74, 6) is 0.938. The van der Waals surface area contributed by atoms with E-state index in [2.05, 4.69) is 46.9 Å². The van der Waals surface area contributed by atoms with Crippen LogP contribution in [-0.2, 0) is 0 Å². The Labute approximate surface area is 104 Å². The molecule has 0 radical (unpaired) electrons. The number of ether oxygens (including phenoxy) is 1. The van der Waals surface area contributed by atoms with Crippen LogP contribution in [0.2, 0.25) is 0 Å². The van der Waals surface area contributed by atoms with E-state index < -0.39 is 0 Å². The fraction of sp³-hybridized carbons (Fsp3) is 0.143. The molecule has 3 aromatic rings. The largest absolute Gasteiger partial charge is 0.496 e. The molecular formula is C14H13NOS. The number of methoxy groups -OCH3 is 1. The van der Waals surface area contributed by atoms with Crippen LogP contribution >= 0.6 is 11.3 Å². The molecule has 0 aliphatic rings. The van der Waals surface area contributed by atoms with Crippen LogP contribution < -0.4 is 4.74 Å². The molecule has 0 fully saturated rings. The van der Waals surface area contributed by atoms with Gasteiger partial charge in [0.2, 0.25) is 0 Å². The second kappa shape index (κ2) is 3.93. The van der Waals surface area contributed by atoms with E-state index in [0.29, 0.717) is 0 Å². The minimum Gasteiger partial charge on any atom is -0.496 e. The van der Waals surface area contributed by atoms with E-state index in [4.69, 9.17) is 4.74 Å². The summed E-state index contributed by atoms with van der Waals surface area (Å²) in [4.78, 5) is 3.44. The lowest BCUT2D eigenvalue weighted by Gasteiger charge is -2.03. The zero-order chi connectivity index (χ0) is 11.8. The Bertz CT molecular complexity index is 652. The third-order valence-corrected chi connectivity index (χ3v) is 3.65. The molecule has 0 spiro atoms. The average Bonchev–Trinajstić information content (AvgIpc) is 2.95. The van der Waals surface area contributed by atoms with Gasteiger partial charge in [-0.1, -0.05) is 0 Å². The molecule has 0 amide bonds. The molecule has 0 bridgehead atoms. The lowest BCUT2D eigenvalue weighted by atomic mass is 10.1. The van der Waals surface area contributed by atoms with Crippen molar-refractivity contribution < 1.29 is 4.74 Å². The molecule has 1 N–H and O–H groups in total. The topological polar surface area (TPSA) is 25.0 Å². The number of aromatic nitrogens is 1. The second-order valence-electron chi connectivity index (χ2n) is 4.10. The lowest BCUT2D eigenvalue weighted by molar-refractivity contribution is 0.412. The Morgan fingerprint density at radius 3 is 2.82 bits per heavy atom. The van der Waals surface area contributed by atoms with Gasteiger partial charge >= 0.3 is 0 Å². The normalized spacial score (nSPS) is 10.9. The molecule has 0 aliphatic carbocycles. The van der Waals surface area contributed by atoms with Crippen LogP contribution in [0.4, 0.5) is 0 Å². The highest BCUT2D eigenvalue weighted by Crippen LogP contribution is 2.30. The number of thiophene rings is 1. The molecule has 0 aliphatic heterocycles. The molecule has 0 unspecified atom stereocenters. The van der Waals surface area contributed by atoms with Gasteiger partial charge < -0.3 is 9.72 Å². The van der Waals surface area contributed by atoms with Crippen LogP contribution in [0.1, 0.15) is 5.56 Å². The highest BCUT2D eigenvalue weighted by atomic mass is 32.1. The average molecular weight is 243 g/mol. The zero-order valence-corrected chi connectivity index (χ0v) is 10.6. The van der Waals surface area contributed by atoms with Gasteiger partial charge in [0.1, 0.15) is 5.75 Å². The molecule has 2 heterocycles. The van der Waals surface area contributed by atoms with E-state index in [1.54, 1.807) is 18.4 Å². The zero-order valence-electron chi connectivity index (χ0n) is 9.78. The third kappa shape index (κ3) is 1.72. The van der Waals surface area contributed by atoms with Gasteiger partial charge in [-0.05, 0) is 42.1 Å². The molecule has 86 valence electrons. The maximum Gasteiger partial charge on any atom is 0.122 e. The predicted molar refractivity (Wildman–Crippen MR) is 72.9 cm³/mol. The summed E-state index contributed by atoms with van der Waals surface area (Å²) < 4.78 is 5.34. The van der Waals surface area contributed by atoms with Crippen LogP contribution in [-0.4, -0.2) is 12.1 Å². The van der Waals surface area contributed by atoms with Gasteiger partial charge in [0.15, 0.2) is 0 Å². The van der Waals surface area contributed by atoms with Crippen LogP contribution in [0.15, 0.2) is 35.0 Å². The number of H-pyrrole nitrogens is 1. The van der Waals surface area contributed by atoms with Gasteiger partial charge in [0.05, 0.1) is 7.11 Å². The Kier molecular flexibility index (Phi) is 2.41. The third-order valence-electron chi connectivity index (χ3n) is 2.97. The van der Waals surface area contributed by atoms with Gasteiger partial charge in [-0.25, -0.2) is 0 Å². The lowest BCUT2D eigenvalue weighted by Crippen LogP contribution is -1.86. The molecule has 17 heavy (non-hydrogen) atoms. The molecule has 2 nitrogen and oxygen atoms in total. The molecule has 1 aromatic carbocycles. The van der Waals surface area contributed by atoms with Gasteiger partial charge in [0.25, 0.3) is 0 Å². The number of benzene rings is 1. The quantitative estimate of drug-likeness (QED) is 0.716. The summed E-state index contributed by atoms with van der Waals surface area (Å²) in [6, 6.07) is 8.50. The summed E-state index contributed by atoms with van der Waals surface area (Å²) in [6.45, 7) is 2.06. The van der Waals surface area contributed by atoms with Crippen molar-refractivity contribution in [1.29, 1.82) is 0 Å². The SMILES string of the molecule is COc1cc2cc(-c3ccsc3)[nH]c2cc1C. The van der Waals surface area contributed by atoms with Crippen LogP contribution in [0, 0.1) is 6.92 Å². The number of fused-ring (bicyclic) bond motifs is 1. The van der Waals surface area contributed by atoms with Crippen molar-refractivity contribution in [1.82, 2.24) is 4.98 Å². The minimum atomic E-state index is 0.938. The fourth-order valence-electron chi connectivity index (χ4n) is 2.06. The molecule has 3 heteroatoms. The Morgan fingerprint density at radius 1 is 1.24 bits per heavy atom. The standard InChI is InChI=1S/C14H13NOS/c1-9-5-12-11(7-14(9)16-2)6-13(15-12)10-3-4-17-8-10/h3-8,15H,1-2H3. The number of hydrogen-bond acceptors (Lipinski definition) is 2. The van der Waals surface area contributed by atoms with Crippen LogP contribution in [0.3, 0.4) is 0 Å². The van der Waals surface area contributed by atoms with Crippen molar-refractivity contribution in [3.63, 3.8) is 0 Å². The summed E-state index contributed by atoms with van der Waals surface area (Å²) in [6.07, 6.45) is 0. The number of hydrogen-bond donors (Lipinski definition) is 1. The summed E-state index contributed by atoms with van der Waals surface area (Å²) >= 11 is 1.71. The van der Waals surface area contributed by atoms with Crippen molar-refractivity contribution in [2.75, 3.05) is 7.11 Å². The van der Waals surface area contributed by atoms with E-state index in [9.17, 15) is 0 Å². The fourth-order valence-corrected chi connectivity index (χ4v) is 2.72. The predicted octanol–water partition coefficient (Wildman–Crippen LogP) is 4.21. The van der Waals surface area contributed by atoms with E-state index in [1.807, 2.05) is 0 Å². The minimum absolute atomic E-state index is 0.938. The van der Waals surface area contributed by atoms with E-state index in [0.717, 1.165) is 22.5 Å². The summed E-state index contributed by atoms with van der Waals surface area (Å²) in [5.41, 5.74) is 4.71. The van der Waals surface area contributed by atoms with Gasteiger partial charge in [-0.2, -0.15) is 11.3 Å². The highest BCUT2D eigenvalue weighted by Gasteiger charge is 2.06. The number of rotatable bonds is 2. The number of nitrogens with one attached hydrogen (secondary N) is 1. The molecule has 3 rings (SSSR count). The number of aryl methyl sites for hydroxylation is 1. The van der Waals surface area contributed by atoms with E-state index in [1.165, 1.54) is 10.9 Å². The molecule has 0 saturated carbocycles. The van der Waals surface area contributed by atoms with Crippen molar-refractivity contribution in [2.45, 2.75) is 6.92 Å². The first-order chi connectivity index (χ1) is 8.28. The highest BCUT2D eigenvalue weighted by molar-refractivity contribution is 7.08. The second-order valence-corrected chi connectivity index (χ2v) is 4.88. The Hall–Kier alpha value is -1.74.